The average Bonchev–Trinajstić information content (AvgIpc) is 2.87. The summed E-state index contributed by atoms with van der Waals surface area (Å²) in [6, 6.07) is 12.0. The monoisotopic (exact) mass is 489 g/mol. The summed E-state index contributed by atoms with van der Waals surface area (Å²) in [7, 11) is 0. The molecular formula is C29H36FN5O. The molecule has 7 heteroatoms. The highest BCUT2D eigenvalue weighted by Gasteiger charge is 2.26. The number of nitrogens with one attached hydrogen (secondary N) is 1. The van der Waals surface area contributed by atoms with E-state index in [-0.39, 0.29) is 17.6 Å². The summed E-state index contributed by atoms with van der Waals surface area (Å²) in [5, 5.41) is 3.20. The third kappa shape index (κ3) is 6.86. The molecule has 1 aliphatic carbocycles. The molecular weight excluding hydrogens is 453 g/mol. The summed E-state index contributed by atoms with van der Waals surface area (Å²) >= 11 is 0. The number of nitrogens with zero attached hydrogens (tertiary/aromatic N) is 4. The number of carbonyl (C=O) groups excluding carboxylic acids is 1. The van der Waals surface area contributed by atoms with Crippen molar-refractivity contribution in [3.05, 3.63) is 66.0 Å². The summed E-state index contributed by atoms with van der Waals surface area (Å²) in [4.78, 5) is 28.1. The number of likely N-dealkylation sites (tertiary alicyclic amines) is 1. The standard InChI is InChI=1S/C24H26FN5O.C5H10/c1-3-23(31)30-11-5-6-18(15-30)24-28-21(17-10-9-16(2)26-14-17)13-22(29-24)27-20-8-4-7-19(25)12-20;1-5-3-2-4-5/h4,7-10,12-14,18H,3,5-6,11,15H2,1-2H3,(H,27,28,29);5H,2-4H2,1H3. The first-order valence-corrected chi connectivity index (χ1v) is 13.0. The van der Waals surface area contributed by atoms with Crippen LogP contribution in [0.15, 0.2) is 48.7 Å². The van der Waals surface area contributed by atoms with Crippen molar-refractivity contribution >= 4 is 17.4 Å². The first kappa shape index (κ1) is 25.7. The van der Waals surface area contributed by atoms with Gasteiger partial charge in [-0.05, 0) is 56.0 Å². The number of benzene rings is 1. The van der Waals surface area contributed by atoms with Crippen LogP contribution >= 0.6 is 0 Å². The van der Waals surface area contributed by atoms with Crippen LogP contribution in [0.1, 0.15) is 69.8 Å². The van der Waals surface area contributed by atoms with Crippen molar-refractivity contribution in [2.24, 2.45) is 5.92 Å². The number of carbonyl (C=O) groups is 1. The molecule has 0 radical (unpaired) electrons. The third-order valence-corrected chi connectivity index (χ3v) is 6.88. The highest BCUT2D eigenvalue weighted by Crippen LogP contribution is 2.29. The quantitative estimate of drug-likeness (QED) is 0.434. The van der Waals surface area contributed by atoms with Gasteiger partial charge in [-0.15, -0.1) is 0 Å². The minimum Gasteiger partial charge on any atom is -0.342 e. The number of pyridine rings is 1. The fraction of sp³-hybridized carbons (Fsp3) is 0.448. The SMILES string of the molecule is CC1CCC1.CCC(=O)N1CCCC(c2nc(Nc3cccc(F)c3)cc(-c3ccc(C)nc3)n2)C1. The van der Waals surface area contributed by atoms with Crippen LogP contribution in [-0.2, 0) is 4.79 Å². The van der Waals surface area contributed by atoms with Gasteiger partial charge in [0.15, 0.2) is 0 Å². The zero-order valence-corrected chi connectivity index (χ0v) is 21.5. The minimum atomic E-state index is -0.316. The van der Waals surface area contributed by atoms with Crippen LogP contribution in [0.5, 0.6) is 0 Å². The summed E-state index contributed by atoms with van der Waals surface area (Å²) in [6.07, 6.45) is 8.59. The fourth-order valence-corrected chi connectivity index (χ4v) is 4.44. The van der Waals surface area contributed by atoms with Crippen LogP contribution in [0.2, 0.25) is 0 Å². The Morgan fingerprint density at radius 2 is 1.92 bits per heavy atom. The van der Waals surface area contributed by atoms with Crippen LogP contribution in [0.25, 0.3) is 11.3 Å². The molecule has 1 amide bonds. The van der Waals surface area contributed by atoms with Crippen molar-refractivity contribution < 1.29 is 9.18 Å². The van der Waals surface area contributed by atoms with Gasteiger partial charge in [0.1, 0.15) is 17.5 Å². The van der Waals surface area contributed by atoms with Crippen LogP contribution in [0.3, 0.4) is 0 Å². The van der Waals surface area contributed by atoms with Gasteiger partial charge in [0, 0.05) is 54.6 Å². The molecule has 0 spiro atoms. The molecule has 1 aliphatic heterocycles. The number of rotatable bonds is 5. The number of aryl methyl sites for hydroxylation is 1. The highest BCUT2D eigenvalue weighted by molar-refractivity contribution is 5.76. The molecule has 5 rings (SSSR count). The van der Waals surface area contributed by atoms with Crippen molar-refractivity contribution in [1.82, 2.24) is 19.9 Å². The first-order valence-electron chi connectivity index (χ1n) is 13.0. The van der Waals surface area contributed by atoms with E-state index in [0.717, 1.165) is 42.3 Å². The summed E-state index contributed by atoms with van der Waals surface area (Å²) in [6.45, 7) is 7.52. The number of hydrogen-bond donors (Lipinski definition) is 1. The molecule has 1 saturated carbocycles. The molecule has 2 fully saturated rings. The molecule has 1 unspecified atom stereocenters. The van der Waals surface area contributed by atoms with Crippen LogP contribution < -0.4 is 5.32 Å². The molecule has 1 N–H and O–H groups in total. The van der Waals surface area contributed by atoms with Crippen molar-refractivity contribution in [3.63, 3.8) is 0 Å². The van der Waals surface area contributed by atoms with Crippen molar-refractivity contribution in [2.75, 3.05) is 18.4 Å². The molecule has 1 aromatic carbocycles. The second-order valence-corrected chi connectivity index (χ2v) is 9.89. The lowest BCUT2D eigenvalue weighted by atomic mass is 9.88. The molecule has 3 aromatic rings. The maximum atomic E-state index is 13.7. The van der Waals surface area contributed by atoms with Crippen molar-refractivity contribution in [3.8, 4) is 11.3 Å². The predicted molar refractivity (Wildman–Crippen MR) is 142 cm³/mol. The number of halogens is 1. The Hall–Kier alpha value is -3.35. The summed E-state index contributed by atoms with van der Waals surface area (Å²) in [5.74, 6) is 2.23. The predicted octanol–water partition coefficient (Wildman–Crippen LogP) is 6.65. The Bertz CT molecular complexity index is 1160. The lowest BCUT2D eigenvalue weighted by Gasteiger charge is -2.32. The summed E-state index contributed by atoms with van der Waals surface area (Å²) < 4.78 is 13.7. The molecule has 1 atom stereocenters. The second kappa shape index (κ2) is 12.1. The van der Waals surface area contributed by atoms with E-state index in [9.17, 15) is 9.18 Å². The molecule has 190 valence electrons. The second-order valence-electron chi connectivity index (χ2n) is 9.89. The molecule has 6 nitrogen and oxygen atoms in total. The smallest absolute Gasteiger partial charge is 0.222 e. The maximum Gasteiger partial charge on any atom is 0.222 e. The number of piperidine rings is 1. The molecule has 3 heterocycles. The van der Waals surface area contributed by atoms with Gasteiger partial charge < -0.3 is 10.2 Å². The zero-order chi connectivity index (χ0) is 25.5. The Labute approximate surface area is 213 Å². The minimum absolute atomic E-state index is 0.0515. The number of anilines is 2. The number of amides is 1. The molecule has 2 aromatic heterocycles. The van der Waals surface area contributed by atoms with E-state index in [2.05, 4.69) is 17.2 Å². The normalized spacial score (nSPS) is 17.6. The number of aromatic nitrogens is 3. The Balaban J connectivity index is 0.000000543. The lowest BCUT2D eigenvalue weighted by molar-refractivity contribution is -0.132. The molecule has 1 saturated heterocycles. The highest BCUT2D eigenvalue weighted by atomic mass is 19.1. The molecule has 36 heavy (non-hydrogen) atoms. The lowest BCUT2D eigenvalue weighted by Crippen LogP contribution is -2.39. The zero-order valence-electron chi connectivity index (χ0n) is 21.5. The third-order valence-electron chi connectivity index (χ3n) is 6.88. The van der Waals surface area contributed by atoms with E-state index in [1.165, 1.54) is 31.4 Å². The topological polar surface area (TPSA) is 71.0 Å². The van der Waals surface area contributed by atoms with Gasteiger partial charge in [-0.1, -0.05) is 39.2 Å². The Kier molecular flexibility index (Phi) is 8.62. The van der Waals surface area contributed by atoms with Gasteiger partial charge >= 0.3 is 0 Å². The Morgan fingerprint density at radius 3 is 2.56 bits per heavy atom. The maximum absolute atomic E-state index is 13.7. The van der Waals surface area contributed by atoms with Gasteiger partial charge in [-0.3, -0.25) is 9.78 Å². The van der Waals surface area contributed by atoms with E-state index >= 15 is 0 Å². The van der Waals surface area contributed by atoms with Crippen molar-refractivity contribution in [2.45, 2.75) is 65.2 Å². The van der Waals surface area contributed by atoms with E-state index in [0.29, 0.717) is 30.3 Å². The van der Waals surface area contributed by atoms with Gasteiger partial charge in [-0.25, -0.2) is 14.4 Å². The van der Waals surface area contributed by atoms with E-state index in [1.807, 2.05) is 36.9 Å². The van der Waals surface area contributed by atoms with Crippen LogP contribution in [0.4, 0.5) is 15.9 Å². The largest absolute Gasteiger partial charge is 0.342 e. The number of hydrogen-bond acceptors (Lipinski definition) is 5. The fourth-order valence-electron chi connectivity index (χ4n) is 4.44. The van der Waals surface area contributed by atoms with Gasteiger partial charge in [0.25, 0.3) is 0 Å². The molecule has 0 bridgehead atoms. The van der Waals surface area contributed by atoms with Gasteiger partial charge in [0.05, 0.1) is 5.69 Å². The van der Waals surface area contributed by atoms with Crippen LogP contribution in [0, 0.1) is 18.7 Å². The Morgan fingerprint density at radius 1 is 1.11 bits per heavy atom. The van der Waals surface area contributed by atoms with E-state index < -0.39 is 0 Å². The molecule has 2 aliphatic rings. The van der Waals surface area contributed by atoms with Gasteiger partial charge in [0.2, 0.25) is 5.91 Å². The summed E-state index contributed by atoms with van der Waals surface area (Å²) in [5.41, 5.74) is 3.17. The van der Waals surface area contributed by atoms with Crippen molar-refractivity contribution in [1.29, 1.82) is 0 Å². The van der Waals surface area contributed by atoms with E-state index in [4.69, 9.17) is 9.97 Å². The van der Waals surface area contributed by atoms with Crippen LogP contribution in [-0.4, -0.2) is 38.8 Å². The average molecular weight is 490 g/mol. The van der Waals surface area contributed by atoms with Gasteiger partial charge in [-0.2, -0.15) is 0 Å². The van der Waals surface area contributed by atoms with E-state index in [1.54, 1.807) is 18.3 Å². The first-order chi connectivity index (χ1) is 17.4.